The number of hydrogen-bond acceptors (Lipinski definition) is 6. The largest absolute Gasteiger partial charge is 0.466 e. The molecule has 1 unspecified atom stereocenters. The van der Waals surface area contributed by atoms with Gasteiger partial charge >= 0.3 is 5.97 Å². The summed E-state index contributed by atoms with van der Waals surface area (Å²) >= 11 is 0. The Bertz CT molecular complexity index is 749. The molecule has 146 valence electrons. The smallest absolute Gasteiger partial charge is 0.330 e. The second-order valence-electron chi connectivity index (χ2n) is 6.20. The van der Waals surface area contributed by atoms with Crippen LogP contribution in [-0.4, -0.2) is 41.5 Å². The van der Waals surface area contributed by atoms with E-state index in [0.717, 1.165) is 5.56 Å². The lowest BCUT2D eigenvalue weighted by molar-refractivity contribution is -0.150. The number of aryl methyl sites for hydroxylation is 1. The van der Waals surface area contributed by atoms with Crippen LogP contribution in [0.25, 0.3) is 0 Å². The molecule has 4 atom stereocenters. The molecule has 1 saturated carbocycles. The molecule has 1 aliphatic carbocycles. The van der Waals surface area contributed by atoms with E-state index in [0.29, 0.717) is 18.1 Å². The fourth-order valence-corrected chi connectivity index (χ4v) is 4.95. The standard InChI is InChI=1S/C20H25NO5S/c1-5-25-19(26-6-2)18-16(11-12-17(22)24-4)20(18,13-21)27(23)15-9-7-14(3)8-10-15/h7-12,16,18-19H,5-6H2,1-4H3/b12-11+/t16-,18-,20+,27?/m0/s1. The zero-order chi connectivity index (χ0) is 20.0. The average molecular weight is 391 g/mol. The summed E-state index contributed by atoms with van der Waals surface area (Å²) in [6.45, 7) is 6.40. The Balaban J connectivity index is 2.42. The zero-order valence-electron chi connectivity index (χ0n) is 16.0. The lowest BCUT2D eigenvalue weighted by atomic mass is 10.2. The molecule has 1 fully saturated rings. The van der Waals surface area contributed by atoms with Gasteiger partial charge in [0.15, 0.2) is 11.0 Å². The molecule has 0 amide bonds. The van der Waals surface area contributed by atoms with Crippen molar-refractivity contribution in [3.05, 3.63) is 42.0 Å². The molecule has 0 heterocycles. The van der Waals surface area contributed by atoms with Crippen LogP contribution in [0.4, 0.5) is 0 Å². The van der Waals surface area contributed by atoms with Crippen LogP contribution >= 0.6 is 0 Å². The molecule has 1 aromatic rings. The molecule has 0 aromatic heterocycles. The summed E-state index contributed by atoms with van der Waals surface area (Å²) in [6.07, 6.45) is 2.16. The third-order valence-electron chi connectivity index (χ3n) is 4.58. The van der Waals surface area contributed by atoms with E-state index in [1.54, 1.807) is 18.2 Å². The van der Waals surface area contributed by atoms with Gasteiger partial charge in [0.1, 0.15) is 0 Å². The summed E-state index contributed by atoms with van der Waals surface area (Å²) < 4.78 is 28.1. The first kappa shape index (κ1) is 21.3. The maximum absolute atomic E-state index is 13.3. The minimum atomic E-state index is -1.62. The van der Waals surface area contributed by atoms with Gasteiger partial charge in [-0.05, 0) is 32.9 Å². The second kappa shape index (κ2) is 9.27. The van der Waals surface area contributed by atoms with Crippen molar-refractivity contribution in [1.29, 1.82) is 5.26 Å². The van der Waals surface area contributed by atoms with Gasteiger partial charge in [-0.25, -0.2) is 4.79 Å². The summed E-state index contributed by atoms with van der Waals surface area (Å²) in [5.41, 5.74) is 1.04. The number of rotatable bonds is 9. The topological polar surface area (TPSA) is 85.6 Å². The molecule has 0 saturated heterocycles. The second-order valence-corrected chi connectivity index (χ2v) is 7.88. The van der Waals surface area contributed by atoms with Crippen molar-refractivity contribution in [2.45, 2.75) is 36.7 Å². The number of allylic oxidation sites excluding steroid dienone is 1. The highest BCUT2D eigenvalue weighted by molar-refractivity contribution is 7.87. The predicted octanol–water partition coefficient (Wildman–Crippen LogP) is 2.74. The number of nitrogens with zero attached hydrogens (tertiary/aromatic N) is 1. The fraction of sp³-hybridized carbons (Fsp3) is 0.500. The highest BCUT2D eigenvalue weighted by atomic mass is 32.2. The molecule has 0 N–H and O–H groups in total. The first-order valence-corrected chi connectivity index (χ1v) is 10.00. The number of esters is 1. The van der Waals surface area contributed by atoms with Crippen LogP contribution < -0.4 is 0 Å². The number of methoxy groups -OCH3 is 1. The van der Waals surface area contributed by atoms with E-state index in [-0.39, 0.29) is 0 Å². The maximum Gasteiger partial charge on any atom is 0.330 e. The molecule has 0 aliphatic heterocycles. The van der Waals surface area contributed by atoms with Gasteiger partial charge in [-0.3, -0.25) is 4.21 Å². The molecule has 27 heavy (non-hydrogen) atoms. The van der Waals surface area contributed by atoms with Crippen molar-refractivity contribution in [2.24, 2.45) is 11.8 Å². The molecule has 6 nitrogen and oxygen atoms in total. The normalized spacial score (nSPS) is 25.3. The Morgan fingerprint density at radius 3 is 2.37 bits per heavy atom. The van der Waals surface area contributed by atoms with Gasteiger partial charge in [-0.2, -0.15) is 5.26 Å². The van der Waals surface area contributed by atoms with E-state index in [4.69, 9.17) is 9.47 Å². The SMILES string of the molecule is CCOC(OCC)[C@@H]1[C@H](/C=C/C(=O)OC)[C@@]1(C#N)S(=O)c1ccc(C)cc1. The van der Waals surface area contributed by atoms with Crippen LogP contribution in [-0.2, 0) is 29.8 Å². The number of benzene rings is 1. The van der Waals surface area contributed by atoms with Crippen LogP contribution in [0.2, 0.25) is 0 Å². The Hall–Kier alpha value is -2.01. The number of hydrogen-bond donors (Lipinski definition) is 0. The summed E-state index contributed by atoms with van der Waals surface area (Å²) in [7, 11) is -0.340. The van der Waals surface area contributed by atoms with Crippen molar-refractivity contribution in [3.8, 4) is 6.07 Å². The fourth-order valence-electron chi connectivity index (χ4n) is 3.18. The van der Waals surface area contributed by atoms with Gasteiger partial charge in [0.2, 0.25) is 0 Å². The third-order valence-corrected chi connectivity index (χ3v) is 6.53. The van der Waals surface area contributed by atoms with Gasteiger partial charge in [0.25, 0.3) is 0 Å². The van der Waals surface area contributed by atoms with E-state index < -0.39 is 39.6 Å². The number of nitriles is 1. The first-order valence-electron chi connectivity index (χ1n) is 8.85. The predicted molar refractivity (Wildman–Crippen MR) is 101 cm³/mol. The van der Waals surface area contributed by atoms with Crippen molar-refractivity contribution in [2.75, 3.05) is 20.3 Å². The molecule has 1 aliphatic rings. The highest BCUT2D eigenvalue weighted by Gasteiger charge is 2.72. The van der Waals surface area contributed by atoms with Crippen LogP contribution in [0.15, 0.2) is 41.3 Å². The van der Waals surface area contributed by atoms with Gasteiger partial charge in [0.05, 0.1) is 29.9 Å². The Morgan fingerprint density at radius 2 is 1.89 bits per heavy atom. The lowest BCUT2D eigenvalue weighted by Crippen LogP contribution is -2.28. The van der Waals surface area contributed by atoms with E-state index in [1.807, 2.05) is 32.9 Å². The molecular formula is C20H25NO5S. The Kier molecular flexibility index (Phi) is 7.31. The van der Waals surface area contributed by atoms with Crippen LogP contribution in [0.1, 0.15) is 19.4 Å². The van der Waals surface area contributed by atoms with Gasteiger partial charge in [0, 0.05) is 30.1 Å². The molecule has 0 spiro atoms. The third kappa shape index (κ3) is 4.29. The summed E-state index contributed by atoms with van der Waals surface area (Å²) in [5.74, 6) is -1.43. The van der Waals surface area contributed by atoms with E-state index in [9.17, 15) is 14.3 Å². The molecule has 1 aromatic carbocycles. The van der Waals surface area contributed by atoms with Crippen molar-refractivity contribution >= 4 is 16.8 Å². The number of ether oxygens (including phenoxy) is 3. The van der Waals surface area contributed by atoms with Crippen molar-refractivity contribution < 1.29 is 23.2 Å². The Morgan fingerprint density at radius 1 is 1.30 bits per heavy atom. The van der Waals surface area contributed by atoms with Gasteiger partial charge in [-0.1, -0.05) is 23.8 Å². The molecule has 2 rings (SSSR count). The number of carbonyl (C=O) groups is 1. The molecule has 0 bridgehead atoms. The van der Waals surface area contributed by atoms with E-state index >= 15 is 0 Å². The molecule has 7 heteroatoms. The summed E-state index contributed by atoms with van der Waals surface area (Å²) in [6, 6.07) is 9.48. The summed E-state index contributed by atoms with van der Waals surface area (Å²) in [4.78, 5) is 12.1. The molecule has 0 radical (unpaired) electrons. The van der Waals surface area contributed by atoms with Crippen LogP contribution in [0.3, 0.4) is 0 Å². The van der Waals surface area contributed by atoms with E-state index in [1.165, 1.54) is 13.2 Å². The first-order chi connectivity index (χ1) is 13.0. The quantitative estimate of drug-likeness (QED) is 0.365. The minimum absolute atomic E-state index is 0.396. The average Bonchev–Trinajstić information content (AvgIpc) is 3.34. The van der Waals surface area contributed by atoms with Gasteiger partial charge < -0.3 is 14.2 Å². The van der Waals surface area contributed by atoms with E-state index in [2.05, 4.69) is 10.8 Å². The van der Waals surface area contributed by atoms with Crippen LogP contribution in [0.5, 0.6) is 0 Å². The van der Waals surface area contributed by atoms with Crippen molar-refractivity contribution in [3.63, 3.8) is 0 Å². The molecular weight excluding hydrogens is 366 g/mol. The lowest BCUT2D eigenvalue weighted by Gasteiger charge is -2.18. The Labute approximate surface area is 162 Å². The summed E-state index contributed by atoms with van der Waals surface area (Å²) in [5, 5.41) is 9.99. The van der Waals surface area contributed by atoms with Crippen molar-refractivity contribution in [1.82, 2.24) is 0 Å². The van der Waals surface area contributed by atoms with Gasteiger partial charge in [-0.15, -0.1) is 0 Å². The minimum Gasteiger partial charge on any atom is -0.466 e. The highest BCUT2D eigenvalue weighted by Crippen LogP contribution is 2.59. The van der Waals surface area contributed by atoms with Crippen LogP contribution in [0, 0.1) is 30.1 Å². The monoisotopic (exact) mass is 391 g/mol. The maximum atomic E-state index is 13.3. The zero-order valence-corrected chi connectivity index (χ0v) is 16.8. The number of carbonyl (C=O) groups excluding carboxylic acids is 1.